The lowest BCUT2D eigenvalue weighted by Gasteiger charge is -2.05. The molecule has 1 aliphatic rings. The second-order valence-electron chi connectivity index (χ2n) is 4.06. The van der Waals surface area contributed by atoms with E-state index in [-0.39, 0.29) is 0 Å². The molecule has 0 aliphatic heterocycles. The summed E-state index contributed by atoms with van der Waals surface area (Å²) >= 11 is 0. The predicted molar refractivity (Wildman–Crippen MR) is 72.2 cm³/mol. The third kappa shape index (κ3) is 3.45. The van der Waals surface area contributed by atoms with Gasteiger partial charge in [-0.3, -0.25) is 0 Å². The van der Waals surface area contributed by atoms with Crippen LogP contribution in [-0.4, -0.2) is 23.6 Å². The van der Waals surface area contributed by atoms with Crippen LogP contribution in [0, 0.1) is 6.92 Å². The first-order valence-corrected chi connectivity index (χ1v) is 5.92. The Labute approximate surface area is 107 Å². The summed E-state index contributed by atoms with van der Waals surface area (Å²) in [5, 5.41) is 3.20. The number of nitrogens with one attached hydrogen (secondary N) is 1. The molecule has 0 radical (unpaired) electrons. The summed E-state index contributed by atoms with van der Waals surface area (Å²) in [5.74, 6) is 1.62. The molecule has 1 heterocycles. The zero-order chi connectivity index (χ0) is 12.8. The molecule has 1 N–H and O–H groups in total. The summed E-state index contributed by atoms with van der Waals surface area (Å²) in [6.07, 6.45) is 10.8. The molecule has 1 aliphatic carbocycles. The van der Waals surface area contributed by atoms with Gasteiger partial charge in [0.25, 0.3) is 0 Å². The Hall–Kier alpha value is -2.10. The van der Waals surface area contributed by atoms with Crippen molar-refractivity contribution in [3.05, 3.63) is 53.6 Å². The van der Waals surface area contributed by atoms with Crippen molar-refractivity contribution < 1.29 is 4.74 Å². The Kier molecular flexibility index (Phi) is 4.12. The molecule has 0 bridgehead atoms. The van der Waals surface area contributed by atoms with Gasteiger partial charge >= 0.3 is 0 Å². The Morgan fingerprint density at radius 1 is 1.39 bits per heavy atom. The van der Waals surface area contributed by atoms with Crippen LogP contribution in [0.25, 0.3) is 0 Å². The fraction of sp³-hybridized carbons (Fsp3) is 0.286. The molecule has 0 unspecified atom stereocenters. The summed E-state index contributed by atoms with van der Waals surface area (Å²) in [6.45, 7) is 2.65. The molecule has 0 fully saturated rings. The minimum atomic E-state index is 0.657. The summed E-state index contributed by atoms with van der Waals surface area (Å²) in [6, 6.07) is 1.88. The predicted octanol–water partition coefficient (Wildman–Crippen LogP) is 2.61. The summed E-state index contributed by atoms with van der Waals surface area (Å²) < 4.78 is 5.22. The van der Waals surface area contributed by atoms with Crippen LogP contribution >= 0.6 is 0 Å². The van der Waals surface area contributed by atoms with Crippen molar-refractivity contribution >= 4 is 5.95 Å². The first-order chi connectivity index (χ1) is 8.78. The van der Waals surface area contributed by atoms with Crippen LogP contribution in [0.1, 0.15) is 12.1 Å². The Bertz CT molecular complexity index is 504. The molecular weight excluding hydrogens is 226 g/mol. The van der Waals surface area contributed by atoms with E-state index in [2.05, 4.69) is 27.4 Å². The number of aromatic nitrogens is 2. The lowest BCUT2D eigenvalue weighted by molar-refractivity contribution is 0.285. The molecule has 18 heavy (non-hydrogen) atoms. The molecule has 4 heteroatoms. The molecule has 1 aromatic heterocycles. The molecule has 94 valence electrons. The van der Waals surface area contributed by atoms with E-state index in [1.54, 1.807) is 13.3 Å². The van der Waals surface area contributed by atoms with Crippen LogP contribution in [0.15, 0.2) is 47.9 Å². The minimum absolute atomic E-state index is 0.657. The largest absolute Gasteiger partial charge is 0.501 e. The molecule has 0 saturated heterocycles. The van der Waals surface area contributed by atoms with Crippen molar-refractivity contribution in [3.63, 3.8) is 0 Å². The van der Waals surface area contributed by atoms with Gasteiger partial charge in [-0.15, -0.1) is 0 Å². The van der Waals surface area contributed by atoms with Crippen molar-refractivity contribution in [2.45, 2.75) is 13.3 Å². The topological polar surface area (TPSA) is 47.0 Å². The van der Waals surface area contributed by atoms with Crippen LogP contribution < -0.4 is 5.32 Å². The van der Waals surface area contributed by atoms with E-state index in [9.17, 15) is 0 Å². The molecule has 1 aromatic rings. The van der Waals surface area contributed by atoms with Crippen molar-refractivity contribution in [1.82, 2.24) is 9.97 Å². The maximum Gasteiger partial charge on any atom is 0.223 e. The number of methoxy groups -OCH3 is 1. The van der Waals surface area contributed by atoms with Crippen molar-refractivity contribution in [2.75, 3.05) is 19.0 Å². The molecule has 0 saturated carbocycles. The number of aryl methyl sites for hydroxylation is 1. The van der Waals surface area contributed by atoms with E-state index in [4.69, 9.17) is 4.74 Å². The number of ether oxygens (including phenoxy) is 1. The molecule has 0 atom stereocenters. The average molecular weight is 243 g/mol. The van der Waals surface area contributed by atoms with Crippen LogP contribution in [0.4, 0.5) is 5.95 Å². The molecular formula is C14H17N3O. The number of hydrogen-bond donors (Lipinski definition) is 1. The Morgan fingerprint density at radius 3 is 3.06 bits per heavy atom. The van der Waals surface area contributed by atoms with Gasteiger partial charge in [0, 0.05) is 24.9 Å². The highest BCUT2D eigenvalue weighted by atomic mass is 16.5. The zero-order valence-corrected chi connectivity index (χ0v) is 10.7. The van der Waals surface area contributed by atoms with E-state index in [1.807, 2.05) is 25.1 Å². The average Bonchev–Trinajstić information content (AvgIpc) is 2.61. The highest BCUT2D eigenvalue weighted by Gasteiger charge is 2.00. The lowest BCUT2D eigenvalue weighted by atomic mass is 10.2. The molecule has 2 rings (SSSR count). The van der Waals surface area contributed by atoms with E-state index < -0.39 is 0 Å². The maximum atomic E-state index is 5.22. The highest BCUT2D eigenvalue weighted by molar-refractivity contribution is 5.35. The molecule has 0 spiro atoms. The maximum absolute atomic E-state index is 5.22. The van der Waals surface area contributed by atoms with E-state index in [1.165, 1.54) is 5.57 Å². The molecule has 0 aromatic carbocycles. The summed E-state index contributed by atoms with van der Waals surface area (Å²) in [4.78, 5) is 8.46. The number of rotatable bonds is 4. The normalized spacial score (nSPS) is 14.6. The second kappa shape index (κ2) is 6.00. The number of allylic oxidation sites excluding steroid dienone is 3. The van der Waals surface area contributed by atoms with Gasteiger partial charge in [0.1, 0.15) is 0 Å². The number of anilines is 1. The van der Waals surface area contributed by atoms with Gasteiger partial charge in [-0.2, -0.15) is 0 Å². The van der Waals surface area contributed by atoms with Crippen LogP contribution in [-0.2, 0) is 4.74 Å². The first kappa shape index (κ1) is 12.4. The molecule has 0 amide bonds. The number of hydrogen-bond acceptors (Lipinski definition) is 4. The van der Waals surface area contributed by atoms with Gasteiger partial charge in [-0.25, -0.2) is 9.97 Å². The SMILES string of the molecule is COC1=CC=C(CNc2nccc(C)n2)C=CC1. The number of nitrogens with zero attached hydrogens (tertiary/aromatic N) is 2. The minimum Gasteiger partial charge on any atom is -0.501 e. The Balaban J connectivity index is 1.98. The van der Waals surface area contributed by atoms with Crippen LogP contribution in [0.2, 0.25) is 0 Å². The van der Waals surface area contributed by atoms with Crippen molar-refractivity contribution in [1.29, 1.82) is 0 Å². The van der Waals surface area contributed by atoms with Gasteiger partial charge in [0.15, 0.2) is 0 Å². The van der Waals surface area contributed by atoms with Gasteiger partial charge in [0.2, 0.25) is 5.95 Å². The summed E-state index contributed by atoms with van der Waals surface area (Å²) in [7, 11) is 1.69. The fourth-order valence-electron chi connectivity index (χ4n) is 1.63. The van der Waals surface area contributed by atoms with E-state index >= 15 is 0 Å². The highest BCUT2D eigenvalue weighted by Crippen LogP contribution is 2.12. The van der Waals surface area contributed by atoms with Gasteiger partial charge < -0.3 is 10.1 Å². The van der Waals surface area contributed by atoms with Crippen LogP contribution in [0.5, 0.6) is 0 Å². The smallest absolute Gasteiger partial charge is 0.223 e. The van der Waals surface area contributed by atoms with Crippen LogP contribution in [0.3, 0.4) is 0 Å². The third-order valence-electron chi connectivity index (χ3n) is 2.64. The Morgan fingerprint density at radius 2 is 2.28 bits per heavy atom. The molecule has 4 nitrogen and oxygen atoms in total. The fourth-order valence-corrected chi connectivity index (χ4v) is 1.63. The summed E-state index contributed by atoms with van der Waals surface area (Å²) in [5.41, 5.74) is 2.13. The first-order valence-electron chi connectivity index (χ1n) is 5.92. The van der Waals surface area contributed by atoms with Gasteiger partial charge in [-0.1, -0.05) is 18.2 Å². The standard InChI is InChI=1S/C14H17N3O/c1-11-8-9-15-14(17-11)16-10-12-4-3-5-13(18-2)7-6-12/h3-4,6-9H,5,10H2,1-2H3,(H,15,16,17). The van der Waals surface area contributed by atoms with Crippen molar-refractivity contribution in [2.24, 2.45) is 0 Å². The second-order valence-corrected chi connectivity index (χ2v) is 4.06. The third-order valence-corrected chi connectivity index (χ3v) is 2.64. The lowest BCUT2D eigenvalue weighted by Crippen LogP contribution is -2.07. The van der Waals surface area contributed by atoms with E-state index in [0.717, 1.165) is 17.9 Å². The van der Waals surface area contributed by atoms with Crippen molar-refractivity contribution in [3.8, 4) is 0 Å². The quantitative estimate of drug-likeness (QED) is 0.883. The van der Waals surface area contributed by atoms with E-state index in [0.29, 0.717) is 12.5 Å². The monoisotopic (exact) mass is 243 g/mol. The zero-order valence-electron chi connectivity index (χ0n) is 10.7. The van der Waals surface area contributed by atoms with Gasteiger partial charge in [0.05, 0.1) is 12.9 Å². The van der Waals surface area contributed by atoms with Gasteiger partial charge in [-0.05, 0) is 24.6 Å².